The summed E-state index contributed by atoms with van der Waals surface area (Å²) >= 11 is 12.0. The molecule has 1 fully saturated rings. The maximum Gasteiger partial charge on any atom is 0.371 e. The molecule has 1 aliphatic rings. The van der Waals surface area contributed by atoms with Crippen molar-refractivity contribution in [2.45, 2.75) is 19.2 Å². The zero-order chi connectivity index (χ0) is 20.8. The van der Waals surface area contributed by atoms with Gasteiger partial charge in [0.25, 0.3) is 0 Å². The van der Waals surface area contributed by atoms with Gasteiger partial charge in [0, 0.05) is 26.2 Å². The molecule has 0 radical (unpaired) electrons. The number of urea groups is 1. The van der Waals surface area contributed by atoms with E-state index in [-0.39, 0.29) is 24.4 Å². The molecule has 1 aliphatic heterocycles. The number of halogens is 2. The van der Waals surface area contributed by atoms with Crippen LogP contribution < -0.4 is 10.6 Å². The number of amides is 2. The predicted octanol–water partition coefficient (Wildman–Crippen LogP) is 2.98. The van der Waals surface area contributed by atoms with Crippen LogP contribution in [0.3, 0.4) is 0 Å². The highest BCUT2D eigenvalue weighted by Crippen LogP contribution is 2.23. The number of aromatic carboxylic acids is 1. The molecule has 0 aliphatic carbocycles. The van der Waals surface area contributed by atoms with Gasteiger partial charge in [0.1, 0.15) is 5.76 Å². The van der Waals surface area contributed by atoms with Crippen LogP contribution in [0.25, 0.3) is 0 Å². The van der Waals surface area contributed by atoms with Gasteiger partial charge in [-0.2, -0.15) is 0 Å². The van der Waals surface area contributed by atoms with Crippen LogP contribution in [0.1, 0.15) is 21.9 Å². The number of morpholine rings is 1. The first-order chi connectivity index (χ1) is 13.9. The summed E-state index contributed by atoms with van der Waals surface area (Å²) in [6.07, 6.45) is -0.139. The Morgan fingerprint density at radius 3 is 2.72 bits per heavy atom. The summed E-state index contributed by atoms with van der Waals surface area (Å²) < 4.78 is 10.8. The number of rotatable bonds is 7. The molecule has 8 nitrogen and oxygen atoms in total. The van der Waals surface area contributed by atoms with Crippen LogP contribution in [-0.2, 0) is 17.8 Å². The van der Waals surface area contributed by atoms with Crippen LogP contribution >= 0.6 is 23.2 Å². The molecule has 2 aromatic rings. The number of carbonyl (C=O) groups excluding carboxylic acids is 1. The lowest BCUT2D eigenvalue weighted by molar-refractivity contribution is -0.0287. The third kappa shape index (κ3) is 6.37. The van der Waals surface area contributed by atoms with Gasteiger partial charge < -0.3 is 24.9 Å². The number of carboxylic acid groups (broad SMARTS) is 1. The summed E-state index contributed by atoms with van der Waals surface area (Å²) in [5.74, 6) is -0.959. The van der Waals surface area contributed by atoms with Crippen molar-refractivity contribution in [2.75, 3.05) is 26.2 Å². The minimum atomic E-state index is -1.15. The van der Waals surface area contributed by atoms with Gasteiger partial charge in [-0.1, -0.05) is 29.3 Å². The normalized spacial score (nSPS) is 17.1. The smallest absolute Gasteiger partial charge is 0.371 e. The molecule has 10 heteroatoms. The summed E-state index contributed by atoms with van der Waals surface area (Å²) in [5, 5.41) is 15.2. The fourth-order valence-electron chi connectivity index (χ4n) is 2.97. The highest BCUT2D eigenvalue weighted by atomic mass is 35.5. The molecule has 3 rings (SSSR count). The van der Waals surface area contributed by atoms with E-state index in [4.69, 9.17) is 37.5 Å². The number of benzene rings is 1. The van der Waals surface area contributed by atoms with Gasteiger partial charge in [0.05, 0.1) is 29.3 Å². The maximum absolute atomic E-state index is 12.0. The fraction of sp³-hybridized carbons (Fsp3) is 0.368. The molecule has 0 unspecified atom stereocenters. The molecule has 0 spiro atoms. The van der Waals surface area contributed by atoms with E-state index in [1.54, 1.807) is 6.07 Å². The Hall–Kier alpha value is -2.26. The van der Waals surface area contributed by atoms with Crippen LogP contribution in [0.2, 0.25) is 10.0 Å². The first-order valence-electron chi connectivity index (χ1n) is 9.02. The van der Waals surface area contributed by atoms with E-state index in [9.17, 15) is 9.59 Å². The second-order valence-corrected chi connectivity index (χ2v) is 7.43. The van der Waals surface area contributed by atoms with E-state index in [0.717, 1.165) is 12.1 Å². The van der Waals surface area contributed by atoms with E-state index >= 15 is 0 Å². The molecule has 0 saturated carbocycles. The highest BCUT2D eigenvalue weighted by Gasteiger charge is 2.21. The van der Waals surface area contributed by atoms with Crippen molar-refractivity contribution in [1.82, 2.24) is 15.5 Å². The van der Waals surface area contributed by atoms with Crippen LogP contribution in [0, 0.1) is 0 Å². The lowest BCUT2D eigenvalue weighted by Crippen LogP contribution is -2.48. The molecule has 1 aromatic carbocycles. The number of furan rings is 1. The van der Waals surface area contributed by atoms with Crippen molar-refractivity contribution in [3.05, 3.63) is 57.5 Å². The standard InChI is InChI=1S/C19H21Cl2N3O5/c20-15-3-1-12(7-16(15)21)10-24-5-6-28-14(11-24)9-23-19(27)22-8-13-2-4-17(29-13)18(25)26/h1-4,7,14H,5-6,8-11H2,(H,25,26)(H2,22,23,27)/t14-/m0/s1. The van der Waals surface area contributed by atoms with Crippen molar-refractivity contribution in [1.29, 1.82) is 0 Å². The second kappa shape index (κ2) is 9.98. The molecular formula is C19H21Cl2N3O5. The summed E-state index contributed by atoms with van der Waals surface area (Å²) in [4.78, 5) is 25.0. The molecule has 0 bridgehead atoms. The Bertz CT molecular complexity index is 873. The summed E-state index contributed by atoms with van der Waals surface area (Å²) in [7, 11) is 0. The topological polar surface area (TPSA) is 104 Å². The van der Waals surface area contributed by atoms with Crippen LogP contribution in [0.4, 0.5) is 4.79 Å². The SMILES string of the molecule is O=C(NCc1ccc(C(=O)O)o1)NC[C@H]1CN(Cc2ccc(Cl)c(Cl)c2)CCO1. The Balaban J connectivity index is 1.40. The van der Waals surface area contributed by atoms with Crippen molar-refractivity contribution in [3.63, 3.8) is 0 Å². The van der Waals surface area contributed by atoms with E-state index in [1.165, 1.54) is 12.1 Å². The number of hydrogen-bond acceptors (Lipinski definition) is 5. The van der Waals surface area contributed by atoms with Gasteiger partial charge in [-0.3, -0.25) is 4.90 Å². The van der Waals surface area contributed by atoms with Gasteiger partial charge in [0.2, 0.25) is 5.76 Å². The van der Waals surface area contributed by atoms with Crippen molar-refractivity contribution < 1.29 is 23.8 Å². The number of carbonyl (C=O) groups is 2. The average molecular weight is 442 g/mol. The Labute approximate surface area is 177 Å². The first kappa shape index (κ1) is 21.4. The number of nitrogens with one attached hydrogen (secondary N) is 2. The number of nitrogens with zero attached hydrogens (tertiary/aromatic N) is 1. The molecular weight excluding hydrogens is 421 g/mol. The third-order valence-electron chi connectivity index (χ3n) is 4.40. The molecule has 29 heavy (non-hydrogen) atoms. The molecule has 1 aromatic heterocycles. The second-order valence-electron chi connectivity index (χ2n) is 6.61. The number of hydrogen-bond donors (Lipinski definition) is 3. The average Bonchev–Trinajstić information content (AvgIpc) is 3.17. The Kier molecular flexibility index (Phi) is 7.38. The predicted molar refractivity (Wildman–Crippen MR) is 107 cm³/mol. The Morgan fingerprint density at radius 2 is 2.00 bits per heavy atom. The van der Waals surface area contributed by atoms with Crippen molar-refractivity contribution >= 4 is 35.2 Å². The molecule has 3 N–H and O–H groups in total. The quantitative estimate of drug-likeness (QED) is 0.609. The molecule has 2 heterocycles. The van der Waals surface area contributed by atoms with Gasteiger partial charge >= 0.3 is 12.0 Å². The maximum atomic E-state index is 12.0. The lowest BCUT2D eigenvalue weighted by atomic mass is 10.2. The minimum absolute atomic E-state index is 0.0914. The van der Waals surface area contributed by atoms with Crippen LogP contribution in [-0.4, -0.2) is 54.4 Å². The molecule has 2 amide bonds. The van der Waals surface area contributed by atoms with Gasteiger partial charge in [-0.25, -0.2) is 9.59 Å². The highest BCUT2D eigenvalue weighted by molar-refractivity contribution is 6.42. The first-order valence-corrected chi connectivity index (χ1v) is 9.78. The van der Waals surface area contributed by atoms with Crippen molar-refractivity contribution in [2.24, 2.45) is 0 Å². The summed E-state index contributed by atoms with van der Waals surface area (Å²) in [5.41, 5.74) is 1.06. The summed E-state index contributed by atoms with van der Waals surface area (Å²) in [6, 6.07) is 8.04. The van der Waals surface area contributed by atoms with Crippen LogP contribution in [0.15, 0.2) is 34.7 Å². The molecule has 1 saturated heterocycles. The minimum Gasteiger partial charge on any atom is -0.475 e. The van der Waals surface area contributed by atoms with Gasteiger partial charge in [0.15, 0.2) is 0 Å². The zero-order valence-corrected chi connectivity index (χ0v) is 17.0. The van der Waals surface area contributed by atoms with E-state index in [0.29, 0.717) is 42.0 Å². The van der Waals surface area contributed by atoms with Crippen molar-refractivity contribution in [3.8, 4) is 0 Å². The Morgan fingerprint density at radius 1 is 1.17 bits per heavy atom. The number of carboxylic acids is 1. The van der Waals surface area contributed by atoms with E-state index in [1.807, 2.05) is 12.1 Å². The van der Waals surface area contributed by atoms with E-state index < -0.39 is 5.97 Å². The zero-order valence-electron chi connectivity index (χ0n) is 15.5. The van der Waals surface area contributed by atoms with E-state index in [2.05, 4.69) is 15.5 Å². The monoisotopic (exact) mass is 441 g/mol. The van der Waals surface area contributed by atoms with Gasteiger partial charge in [-0.05, 0) is 29.8 Å². The largest absolute Gasteiger partial charge is 0.475 e. The third-order valence-corrected chi connectivity index (χ3v) is 5.14. The molecule has 156 valence electrons. The van der Waals surface area contributed by atoms with Crippen LogP contribution in [0.5, 0.6) is 0 Å². The van der Waals surface area contributed by atoms with Gasteiger partial charge in [-0.15, -0.1) is 0 Å². The molecule has 1 atom stereocenters. The fourth-order valence-corrected chi connectivity index (χ4v) is 3.29. The lowest BCUT2D eigenvalue weighted by Gasteiger charge is -2.33. The number of ether oxygens (including phenoxy) is 1. The summed E-state index contributed by atoms with van der Waals surface area (Å²) in [6.45, 7) is 3.18.